The molecule has 1 aliphatic heterocycles. The normalized spacial score (nSPS) is 15.7. The van der Waals surface area contributed by atoms with E-state index in [0.717, 1.165) is 0 Å². The number of rotatable bonds is 2. The van der Waals surface area contributed by atoms with Crippen LogP contribution >= 0.6 is 0 Å². The topological polar surface area (TPSA) is 95.9 Å². The number of nitrogens with one attached hydrogen (secondary N) is 1. The molecule has 16 heavy (non-hydrogen) atoms. The molecule has 1 aliphatic rings. The third-order valence-electron chi connectivity index (χ3n) is 2.21. The summed E-state index contributed by atoms with van der Waals surface area (Å²) in [6.45, 7) is -0.111. The van der Waals surface area contributed by atoms with Crippen LogP contribution < -0.4 is 10.1 Å². The number of hydrogen-bond donors (Lipinski definition) is 3. The zero-order valence-electron chi connectivity index (χ0n) is 8.14. The first-order valence-electron chi connectivity index (χ1n) is 4.56. The minimum atomic E-state index is -1.68. The van der Waals surface area contributed by atoms with Crippen molar-refractivity contribution >= 4 is 17.6 Å². The Morgan fingerprint density at radius 1 is 1.50 bits per heavy atom. The minimum Gasteiger partial charge on any atom is -0.482 e. The molecular formula is C10H9NO5. The number of ether oxygens (including phenoxy) is 1. The lowest BCUT2D eigenvalue weighted by Gasteiger charge is -2.21. The third kappa shape index (κ3) is 1.70. The first-order chi connectivity index (χ1) is 7.59. The fourth-order valence-electron chi connectivity index (χ4n) is 1.48. The second-order valence-corrected chi connectivity index (χ2v) is 3.30. The summed E-state index contributed by atoms with van der Waals surface area (Å²) in [6, 6.07) is 4.57. The van der Waals surface area contributed by atoms with Crippen LogP contribution in [0.5, 0.6) is 5.75 Å². The summed E-state index contributed by atoms with van der Waals surface area (Å²) in [5.41, 5.74) is 0.326. The van der Waals surface area contributed by atoms with Gasteiger partial charge >= 0.3 is 5.97 Å². The Labute approximate surface area is 90.5 Å². The molecule has 6 heteroatoms. The van der Waals surface area contributed by atoms with Gasteiger partial charge < -0.3 is 20.3 Å². The summed E-state index contributed by atoms with van der Waals surface area (Å²) in [4.78, 5) is 21.8. The number of amides is 1. The molecule has 1 aromatic rings. The van der Waals surface area contributed by atoms with Gasteiger partial charge in [0.25, 0.3) is 5.91 Å². The molecule has 0 saturated carbocycles. The maximum atomic E-state index is 11.1. The van der Waals surface area contributed by atoms with E-state index in [-0.39, 0.29) is 23.8 Å². The van der Waals surface area contributed by atoms with Crippen molar-refractivity contribution in [2.45, 2.75) is 6.10 Å². The Bertz CT molecular complexity index is 457. The van der Waals surface area contributed by atoms with Crippen molar-refractivity contribution in [3.63, 3.8) is 0 Å². The predicted molar refractivity (Wildman–Crippen MR) is 53.2 cm³/mol. The molecule has 1 atom stereocenters. The van der Waals surface area contributed by atoms with Crippen LogP contribution in [0.3, 0.4) is 0 Å². The smallest absolute Gasteiger partial charge is 0.337 e. The molecule has 0 aromatic heterocycles. The van der Waals surface area contributed by atoms with E-state index in [1.54, 1.807) is 12.1 Å². The molecule has 0 aliphatic carbocycles. The number of carbonyl (C=O) groups excluding carboxylic acids is 1. The quantitative estimate of drug-likeness (QED) is 0.662. The third-order valence-corrected chi connectivity index (χ3v) is 2.21. The molecule has 0 spiro atoms. The number of carbonyl (C=O) groups is 2. The lowest BCUT2D eigenvalue weighted by Crippen LogP contribution is -2.27. The van der Waals surface area contributed by atoms with Crippen molar-refractivity contribution < 1.29 is 24.5 Å². The SMILES string of the molecule is O=C1COc2cccc(C(O)C(=O)O)c2N1. The molecule has 1 heterocycles. The van der Waals surface area contributed by atoms with Crippen molar-refractivity contribution in [2.24, 2.45) is 0 Å². The number of aliphatic hydroxyl groups is 1. The van der Waals surface area contributed by atoms with Crippen LogP contribution in [-0.2, 0) is 9.59 Å². The Morgan fingerprint density at radius 3 is 2.94 bits per heavy atom. The van der Waals surface area contributed by atoms with Crippen molar-refractivity contribution in [1.29, 1.82) is 0 Å². The maximum Gasteiger partial charge on any atom is 0.337 e. The van der Waals surface area contributed by atoms with E-state index in [9.17, 15) is 14.7 Å². The van der Waals surface area contributed by atoms with Gasteiger partial charge in [-0.15, -0.1) is 0 Å². The van der Waals surface area contributed by atoms with Gasteiger partial charge in [-0.2, -0.15) is 0 Å². The molecule has 3 N–H and O–H groups in total. The highest BCUT2D eigenvalue weighted by Crippen LogP contribution is 2.34. The van der Waals surface area contributed by atoms with Gasteiger partial charge in [0.05, 0.1) is 5.69 Å². The monoisotopic (exact) mass is 223 g/mol. The highest BCUT2D eigenvalue weighted by Gasteiger charge is 2.25. The van der Waals surface area contributed by atoms with E-state index in [4.69, 9.17) is 9.84 Å². The fraction of sp³-hybridized carbons (Fsp3) is 0.200. The summed E-state index contributed by atoms with van der Waals surface area (Å²) in [6.07, 6.45) is -1.68. The van der Waals surface area contributed by atoms with E-state index in [1.165, 1.54) is 6.07 Å². The Kier molecular flexibility index (Phi) is 2.49. The fourth-order valence-corrected chi connectivity index (χ4v) is 1.48. The van der Waals surface area contributed by atoms with E-state index in [0.29, 0.717) is 5.75 Å². The molecule has 0 radical (unpaired) electrons. The lowest BCUT2D eigenvalue weighted by atomic mass is 10.1. The summed E-state index contributed by atoms with van der Waals surface area (Å²) >= 11 is 0. The molecule has 0 fully saturated rings. The second kappa shape index (κ2) is 3.82. The largest absolute Gasteiger partial charge is 0.482 e. The van der Waals surface area contributed by atoms with E-state index < -0.39 is 12.1 Å². The van der Waals surface area contributed by atoms with Crippen molar-refractivity contribution in [3.8, 4) is 5.75 Å². The Balaban J connectivity index is 2.47. The van der Waals surface area contributed by atoms with Gasteiger partial charge in [0, 0.05) is 5.56 Å². The molecular weight excluding hydrogens is 214 g/mol. The number of benzene rings is 1. The van der Waals surface area contributed by atoms with Gasteiger partial charge in [-0.1, -0.05) is 12.1 Å². The minimum absolute atomic E-state index is 0.109. The van der Waals surface area contributed by atoms with Gasteiger partial charge in [0.15, 0.2) is 12.7 Å². The van der Waals surface area contributed by atoms with Crippen LogP contribution in [0.4, 0.5) is 5.69 Å². The average Bonchev–Trinajstić information content (AvgIpc) is 2.27. The van der Waals surface area contributed by atoms with Crippen molar-refractivity contribution in [3.05, 3.63) is 23.8 Å². The molecule has 2 rings (SSSR count). The number of aliphatic hydroxyl groups excluding tert-OH is 1. The van der Waals surface area contributed by atoms with Crippen LogP contribution in [-0.4, -0.2) is 28.7 Å². The molecule has 0 saturated heterocycles. The Hall–Kier alpha value is -2.08. The van der Waals surface area contributed by atoms with E-state index in [2.05, 4.69) is 5.32 Å². The second-order valence-electron chi connectivity index (χ2n) is 3.30. The molecule has 1 amide bonds. The van der Waals surface area contributed by atoms with Crippen molar-refractivity contribution in [2.75, 3.05) is 11.9 Å². The highest BCUT2D eigenvalue weighted by atomic mass is 16.5. The van der Waals surface area contributed by atoms with Crippen LogP contribution in [0, 0.1) is 0 Å². The molecule has 84 valence electrons. The maximum absolute atomic E-state index is 11.1. The van der Waals surface area contributed by atoms with Crippen LogP contribution in [0.2, 0.25) is 0 Å². The van der Waals surface area contributed by atoms with E-state index >= 15 is 0 Å². The molecule has 0 bridgehead atoms. The van der Waals surface area contributed by atoms with Gasteiger partial charge in [-0.25, -0.2) is 4.79 Å². The predicted octanol–water partition coefficient (Wildman–Crippen LogP) is 0.135. The number of carboxylic acid groups (broad SMARTS) is 1. The number of hydrogen-bond acceptors (Lipinski definition) is 4. The summed E-state index contributed by atoms with van der Waals surface area (Å²) in [5, 5.41) is 20.6. The molecule has 1 unspecified atom stereocenters. The van der Waals surface area contributed by atoms with Gasteiger partial charge in [0.2, 0.25) is 0 Å². The van der Waals surface area contributed by atoms with Crippen LogP contribution in [0.15, 0.2) is 18.2 Å². The zero-order valence-corrected chi connectivity index (χ0v) is 8.14. The average molecular weight is 223 g/mol. The van der Waals surface area contributed by atoms with Crippen LogP contribution in [0.1, 0.15) is 11.7 Å². The molecule has 1 aromatic carbocycles. The number of para-hydroxylation sites is 1. The summed E-state index contributed by atoms with van der Waals surface area (Å²) in [7, 11) is 0. The van der Waals surface area contributed by atoms with E-state index in [1.807, 2.05) is 0 Å². The zero-order chi connectivity index (χ0) is 11.7. The number of fused-ring (bicyclic) bond motifs is 1. The number of aliphatic carboxylic acids is 1. The summed E-state index contributed by atoms with van der Waals surface area (Å²) < 4.78 is 5.09. The van der Waals surface area contributed by atoms with Crippen molar-refractivity contribution in [1.82, 2.24) is 0 Å². The first kappa shape index (κ1) is 10.4. The lowest BCUT2D eigenvalue weighted by molar-refractivity contribution is -0.147. The first-order valence-corrected chi connectivity index (χ1v) is 4.56. The van der Waals surface area contributed by atoms with Crippen LogP contribution in [0.25, 0.3) is 0 Å². The standard InChI is InChI=1S/C10H9NO5/c12-7-4-16-6-3-1-2-5(8(6)11-7)9(13)10(14)15/h1-3,9,13H,4H2,(H,11,12)(H,14,15). The van der Waals surface area contributed by atoms with Gasteiger partial charge in [0.1, 0.15) is 5.75 Å². The highest BCUT2D eigenvalue weighted by molar-refractivity contribution is 5.97. The molecule has 6 nitrogen and oxygen atoms in total. The number of carboxylic acids is 1. The summed E-state index contributed by atoms with van der Waals surface area (Å²) in [5.74, 6) is -1.40. The van der Waals surface area contributed by atoms with Gasteiger partial charge in [-0.05, 0) is 6.07 Å². The number of anilines is 1. The Morgan fingerprint density at radius 2 is 2.25 bits per heavy atom. The van der Waals surface area contributed by atoms with Gasteiger partial charge in [-0.3, -0.25) is 4.79 Å².